The first-order valence-corrected chi connectivity index (χ1v) is 11.3. The minimum Gasteiger partial charge on any atom is -0.341 e. The number of hydrogen-bond donors (Lipinski definition) is 1. The Morgan fingerprint density at radius 1 is 1.15 bits per heavy atom. The van der Waals surface area contributed by atoms with E-state index in [1.54, 1.807) is 38.4 Å². The van der Waals surface area contributed by atoms with Crippen LogP contribution in [0.3, 0.4) is 0 Å². The fraction of sp³-hybridized carbons (Fsp3) is 0.375. The number of imidazole rings is 1. The van der Waals surface area contributed by atoms with Crippen molar-refractivity contribution in [2.75, 3.05) is 18.0 Å². The molecule has 0 spiro atoms. The van der Waals surface area contributed by atoms with Gasteiger partial charge >= 0.3 is 0 Å². The van der Waals surface area contributed by atoms with E-state index >= 15 is 0 Å². The summed E-state index contributed by atoms with van der Waals surface area (Å²) in [4.78, 5) is 37.8. The van der Waals surface area contributed by atoms with Gasteiger partial charge < -0.3 is 10.6 Å². The predicted molar refractivity (Wildman–Crippen MR) is 131 cm³/mol. The first kappa shape index (κ1) is 21.9. The van der Waals surface area contributed by atoms with E-state index in [2.05, 4.69) is 26.8 Å². The molecule has 1 saturated heterocycles. The molecule has 10 nitrogen and oxygen atoms in total. The Balaban J connectivity index is 1.62. The van der Waals surface area contributed by atoms with Crippen LogP contribution in [0.15, 0.2) is 40.1 Å². The lowest BCUT2D eigenvalue weighted by molar-refractivity contribution is 0.496. The number of nitrogens with two attached hydrogens (primary N) is 1. The summed E-state index contributed by atoms with van der Waals surface area (Å²) in [7, 11) is 1.65. The molecule has 1 aromatic carbocycles. The fourth-order valence-electron chi connectivity index (χ4n) is 4.47. The Morgan fingerprint density at radius 2 is 1.97 bits per heavy atom. The zero-order chi connectivity index (χ0) is 23.8. The summed E-state index contributed by atoms with van der Waals surface area (Å²) in [5.74, 6) is 7.08. The van der Waals surface area contributed by atoms with E-state index in [4.69, 9.17) is 10.7 Å². The van der Waals surface area contributed by atoms with E-state index in [9.17, 15) is 9.59 Å². The summed E-state index contributed by atoms with van der Waals surface area (Å²) in [6.07, 6.45) is 3.52. The number of piperidine rings is 1. The molecule has 3 aromatic heterocycles. The third-order valence-corrected chi connectivity index (χ3v) is 6.25. The lowest BCUT2D eigenvalue weighted by Gasteiger charge is -2.31. The average Bonchev–Trinajstić information content (AvgIpc) is 3.22. The summed E-state index contributed by atoms with van der Waals surface area (Å²) in [6.45, 7) is 3.65. The summed E-state index contributed by atoms with van der Waals surface area (Å²) in [5, 5.41) is 4.87. The minimum absolute atomic E-state index is 0.0555. The quantitative estimate of drug-likeness (QED) is 0.450. The molecule has 34 heavy (non-hydrogen) atoms. The van der Waals surface area contributed by atoms with Crippen molar-refractivity contribution in [1.29, 1.82) is 0 Å². The maximum atomic E-state index is 13.6. The molecule has 1 aliphatic heterocycles. The Labute approximate surface area is 195 Å². The normalized spacial score (nSPS) is 16.1. The lowest BCUT2D eigenvalue weighted by atomic mass is 10.1. The standard InChI is InChI=1S/C24H26N8O2/c1-3-4-12-31-21-19(28-24(31)30-11-7-8-16(25)14-30)13-26-32(23(21)34)15-20-27-18-10-6-5-9-17(18)22(33)29(20)2/h5-6,9-10,13,16H,7-8,11-12,14-15,25H2,1-2H3. The van der Waals surface area contributed by atoms with Crippen molar-refractivity contribution in [2.45, 2.75) is 38.9 Å². The van der Waals surface area contributed by atoms with Crippen molar-refractivity contribution in [2.24, 2.45) is 12.8 Å². The monoisotopic (exact) mass is 458 g/mol. The van der Waals surface area contributed by atoms with Crippen LogP contribution in [-0.2, 0) is 20.1 Å². The highest BCUT2D eigenvalue weighted by atomic mass is 16.1. The van der Waals surface area contributed by atoms with E-state index in [1.807, 2.05) is 10.6 Å². The third-order valence-electron chi connectivity index (χ3n) is 6.25. The zero-order valence-electron chi connectivity index (χ0n) is 19.2. The summed E-state index contributed by atoms with van der Waals surface area (Å²) < 4.78 is 4.63. The van der Waals surface area contributed by atoms with Gasteiger partial charge in [0.25, 0.3) is 11.1 Å². The fourth-order valence-corrected chi connectivity index (χ4v) is 4.47. The van der Waals surface area contributed by atoms with Gasteiger partial charge in [-0.1, -0.05) is 18.1 Å². The molecule has 174 valence electrons. The SMILES string of the molecule is CC#CCn1c(N2CCCC(N)C2)nc2cnn(Cc3nc4ccccc4c(=O)n3C)c(=O)c21. The van der Waals surface area contributed by atoms with Crippen LogP contribution in [0.1, 0.15) is 25.6 Å². The highest BCUT2D eigenvalue weighted by Gasteiger charge is 2.24. The van der Waals surface area contributed by atoms with E-state index in [0.717, 1.165) is 19.4 Å². The molecule has 0 saturated carbocycles. The van der Waals surface area contributed by atoms with Crippen molar-refractivity contribution in [3.05, 3.63) is 57.0 Å². The van der Waals surface area contributed by atoms with Crippen LogP contribution in [0, 0.1) is 11.8 Å². The van der Waals surface area contributed by atoms with Gasteiger partial charge in [-0.15, -0.1) is 5.92 Å². The Bertz CT molecular complexity index is 1570. The molecule has 0 bridgehead atoms. The summed E-state index contributed by atoms with van der Waals surface area (Å²) >= 11 is 0. The van der Waals surface area contributed by atoms with Gasteiger partial charge in [-0.05, 0) is 31.9 Å². The van der Waals surface area contributed by atoms with Crippen LogP contribution in [0.4, 0.5) is 5.95 Å². The molecule has 10 heteroatoms. The van der Waals surface area contributed by atoms with Gasteiger partial charge in [-0.2, -0.15) is 5.10 Å². The van der Waals surface area contributed by atoms with Crippen molar-refractivity contribution < 1.29 is 0 Å². The summed E-state index contributed by atoms with van der Waals surface area (Å²) in [6, 6.07) is 7.23. The van der Waals surface area contributed by atoms with Crippen LogP contribution >= 0.6 is 0 Å². The van der Waals surface area contributed by atoms with E-state index in [1.165, 1.54) is 9.25 Å². The minimum atomic E-state index is -0.308. The van der Waals surface area contributed by atoms with Crippen LogP contribution in [0.25, 0.3) is 21.9 Å². The van der Waals surface area contributed by atoms with Gasteiger partial charge in [0, 0.05) is 26.2 Å². The van der Waals surface area contributed by atoms with Crippen LogP contribution < -0.4 is 21.8 Å². The number of anilines is 1. The first-order chi connectivity index (χ1) is 16.5. The molecule has 4 heterocycles. The molecular formula is C24H26N8O2. The van der Waals surface area contributed by atoms with Crippen molar-refractivity contribution in [3.8, 4) is 11.8 Å². The molecule has 0 aliphatic carbocycles. The number of rotatable bonds is 4. The Hall–Kier alpha value is -3.97. The van der Waals surface area contributed by atoms with Gasteiger partial charge in [-0.25, -0.2) is 14.6 Å². The number of hydrogen-bond acceptors (Lipinski definition) is 7. The molecule has 0 radical (unpaired) electrons. The number of aromatic nitrogens is 6. The second-order valence-electron chi connectivity index (χ2n) is 8.52. The second kappa shape index (κ2) is 8.76. The average molecular weight is 459 g/mol. The molecule has 0 amide bonds. The van der Waals surface area contributed by atoms with E-state index < -0.39 is 0 Å². The maximum absolute atomic E-state index is 13.6. The van der Waals surface area contributed by atoms with Gasteiger partial charge in [-0.3, -0.25) is 18.7 Å². The molecule has 1 fully saturated rings. The Morgan fingerprint density at radius 3 is 2.76 bits per heavy atom. The molecule has 1 atom stereocenters. The molecule has 5 rings (SSSR count). The number of benzene rings is 1. The Kier molecular flexibility index (Phi) is 5.63. The molecule has 2 N–H and O–H groups in total. The van der Waals surface area contributed by atoms with Gasteiger partial charge in [0.1, 0.15) is 23.4 Å². The van der Waals surface area contributed by atoms with Crippen molar-refractivity contribution in [3.63, 3.8) is 0 Å². The molecular weight excluding hydrogens is 432 g/mol. The van der Waals surface area contributed by atoms with Crippen LogP contribution in [0.2, 0.25) is 0 Å². The second-order valence-corrected chi connectivity index (χ2v) is 8.52. The number of fused-ring (bicyclic) bond motifs is 2. The van der Waals surface area contributed by atoms with Crippen LogP contribution in [-0.4, -0.2) is 48.0 Å². The lowest BCUT2D eigenvalue weighted by Crippen LogP contribution is -2.44. The van der Waals surface area contributed by atoms with E-state index in [-0.39, 0.29) is 23.7 Å². The smallest absolute Gasteiger partial charge is 0.293 e. The predicted octanol–water partition coefficient (Wildman–Crippen LogP) is 0.839. The number of para-hydroxylation sites is 1. The molecule has 1 aliphatic rings. The van der Waals surface area contributed by atoms with Gasteiger partial charge in [0.15, 0.2) is 0 Å². The van der Waals surface area contributed by atoms with Crippen molar-refractivity contribution >= 4 is 27.9 Å². The zero-order valence-corrected chi connectivity index (χ0v) is 19.2. The maximum Gasteiger partial charge on any atom is 0.293 e. The molecule has 1 unspecified atom stereocenters. The van der Waals surface area contributed by atoms with Gasteiger partial charge in [0.05, 0.1) is 23.6 Å². The van der Waals surface area contributed by atoms with Crippen molar-refractivity contribution in [1.82, 2.24) is 28.9 Å². The molecule has 4 aromatic rings. The highest BCUT2D eigenvalue weighted by Crippen LogP contribution is 2.23. The highest BCUT2D eigenvalue weighted by molar-refractivity contribution is 5.78. The van der Waals surface area contributed by atoms with E-state index in [0.29, 0.717) is 46.8 Å². The topological polar surface area (TPSA) is 117 Å². The number of nitrogens with zero attached hydrogens (tertiary/aromatic N) is 7. The van der Waals surface area contributed by atoms with Gasteiger partial charge in [0.2, 0.25) is 5.95 Å². The first-order valence-electron chi connectivity index (χ1n) is 11.3. The largest absolute Gasteiger partial charge is 0.341 e. The third kappa shape index (κ3) is 3.74. The summed E-state index contributed by atoms with van der Waals surface area (Å²) in [5.41, 5.74) is 7.24. The van der Waals surface area contributed by atoms with Crippen LogP contribution in [0.5, 0.6) is 0 Å².